The van der Waals surface area contributed by atoms with E-state index < -0.39 is 11.7 Å². The lowest BCUT2D eigenvalue weighted by atomic mass is 10.1. The van der Waals surface area contributed by atoms with E-state index in [0.717, 1.165) is 11.1 Å². The molecule has 0 aliphatic rings. The van der Waals surface area contributed by atoms with Crippen molar-refractivity contribution in [2.75, 3.05) is 57.8 Å². The third-order valence-electron chi connectivity index (χ3n) is 5.20. The number of halogens is 1. The minimum absolute atomic E-state index is 0.232. The quantitative estimate of drug-likeness (QED) is 0.265. The first-order chi connectivity index (χ1) is 17.8. The van der Waals surface area contributed by atoms with Crippen molar-refractivity contribution in [2.24, 2.45) is 0 Å². The van der Waals surface area contributed by atoms with Gasteiger partial charge in [-0.25, -0.2) is 19.2 Å². The van der Waals surface area contributed by atoms with Gasteiger partial charge in [-0.1, -0.05) is 0 Å². The standard InChI is InChI=1S/C26H34FN5O5/c1-26(2,27)9-10-28-25(33)32-19-7-5-18(6-8-19)31-24-20-15-22(36-13-11-34-3)23(37-14-12-35-4)16-21(20)29-17-30-24/h5-8,15-17H,9-14H2,1-4H3,(H2,28,32,33)(H,29,30,31). The van der Waals surface area contributed by atoms with Crippen molar-refractivity contribution in [1.29, 1.82) is 0 Å². The molecule has 0 saturated carbocycles. The van der Waals surface area contributed by atoms with Crippen LogP contribution in [-0.4, -0.2) is 68.9 Å². The van der Waals surface area contributed by atoms with Gasteiger partial charge in [0.05, 0.1) is 18.7 Å². The van der Waals surface area contributed by atoms with Gasteiger partial charge in [-0.15, -0.1) is 0 Å². The summed E-state index contributed by atoms with van der Waals surface area (Å²) in [5.74, 6) is 1.67. The Morgan fingerprint density at radius 1 is 0.919 bits per heavy atom. The number of carbonyl (C=O) groups is 1. The minimum Gasteiger partial charge on any atom is -0.487 e. The van der Waals surface area contributed by atoms with Crippen molar-refractivity contribution in [3.8, 4) is 11.5 Å². The van der Waals surface area contributed by atoms with Crippen LogP contribution < -0.4 is 25.4 Å². The van der Waals surface area contributed by atoms with Gasteiger partial charge in [0.1, 0.15) is 31.0 Å². The molecule has 2 aromatic carbocycles. The molecule has 0 radical (unpaired) electrons. The molecule has 11 heteroatoms. The van der Waals surface area contributed by atoms with E-state index >= 15 is 0 Å². The van der Waals surface area contributed by atoms with Crippen molar-refractivity contribution in [3.05, 3.63) is 42.7 Å². The summed E-state index contributed by atoms with van der Waals surface area (Å²) in [5, 5.41) is 9.40. The smallest absolute Gasteiger partial charge is 0.319 e. The molecule has 1 heterocycles. The van der Waals surface area contributed by atoms with Crippen LogP contribution in [0.15, 0.2) is 42.7 Å². The number of alkyl halides is 1. The molecular weight excluding hydrogens is 481 g/mol. The molecule has 0 saturated heterocycles. The molecule has 3 N–H and O–H groups in total. The maximum Gasteiger partial charge on any atom is 0.319 e. The molecule has 3 aromatic rings. The summed E-state index contributed by atoms with van der Waals surface area (Å²) >= 11 is 0. The van der Waals surface area contributed by atoms with Crippen molar-refractivity contribution in [2.45, 2.75) is 25.9 Å². The van der Waals surface area contributed by atoms with Crippen molar-refractivity contribution < 1.29 is 28.1 Å². The Morgan fingerprint density at radius 2 is 1.54 bits per heavy atom. The lowest BCUT2D eigenvalue weighted by molar-refractivity contribution is 0.132. The Hall–Kier alpha value is -3.70. The zero-order chi connectivity index (χ0) is 26.7. The van der Waals surface area contributed by atoms with Gasteiger partial charge in [0.15, 0.2) is 11.5 Å². The molecule has 0 atom stereocenters. The Labute approximate surface area is 215 Å². The van der Waals surface area contributed by atoms with Crippen LogP contribution in [0, 0.1) is 0 Å². The maximum absolute atomic E-state index is 13.6. The number of amides is 2. The average Bonchev–Trinajstić information content (AvgIpc) is 2.85. The van der Waals surface area contributed by atoms with Crippen molar-refractivity contribution >= 4 is 34.1 Å². The highest BCUT2D eigenvalue weighted by molar-refractivity contribution is 5.93. The molecule has 200 valence electrons. The number of urea groups is 1. The number of nitrogens with zero attached hydrogens (tertiary/aromatic N) is 2. The predicted octanol–water partition coefficient (Wildman–Crippen LogP) is 4.68. The molecule has 0 unspecified atom stereocenters. The predicted molar refractivity (Wildman–Crippen MR) is 141 cm³/mol. The summed E-state index contributed by atoms with van der Waals surface area (Å²) in [5.41, 5.74) is 0.700. The first kappa shape index (κ1) is 27.9. The molecule has 1 aromatic heterocycles. The number of hydrogen-bond donors (Lipinski definition) is 3. The Morgan fingerprint density at radius 3 is 2.16 bits per heavy atom. The number of ether oxygens (including phenoxy) is 4. The lowest BCUT2D eigenvalue weighted by Gasteiger charge is -2.15. The van der Waals surface area contributed by atoms with E-state index in [1.165, 1.54) is 20.2 Å². The highest BCUT2D eigenvalue weighted by atomic mass is 19.1. The summed E-state index contributed by atoms with van der Waals surface area (Å²) in [6.07, 6.45) is 1.70. The second kappa shape index (κ2) is 13.6. The second-order valence-electron chi connectivity index (χ2n) is 8.77. The monoisotopic (exact) mass is 515 g/mol. The zero-order valence-corrected chi connectivity index (χ0v) is 21.6. The normalized spacial score (nSPS) is 11.3. The van der Waals surface area contributed by atoms with Crippen molar-refractivity contribution in [3.63, 3.8) is 0 Å². The molecule has 0 bridgehead atoms. The van der Waals surface area contributed by atoms with Crippen molar-refractivity contribution in [1.82, 2.24) is 15.3 Å². The summed E-state index contributed by atoms with van der Waals surface area (Å²) in [4.78, 5) is 20.8. The van der Waals surface area contributed by atoms with Gasteiger partial charge in [0, 0.05) is 43.6 Å². The van der Waals surface area contributed by atoms with E-state index in [4.69, 9.17) is 18.9 Å². The highest BCUT2D eigenvalue weighted by Crippen LogP contribution is 2.35. The third kappa shape index (κ3) is 9.03. The van der Waals surface area contributed by atoms with Gasteiger partial charge in [-0.2, -0.15) is 0 Å². The number of nitrogens with one attached hydrogen (secondary N) is 3. The molecule has 2 amide bonds. The number of hydrogen-bond acceptors (Lipinski definition) is 8. The molecule has 10 nitrogen and oxygen atoms in total. The molecule has 3 rings (SSSR count). The fraction of sp³-hybridized carbons (Fsp3) is 0.423. The van der Waals surface area contributed by atoms with Crippen LogP contribution in [-0.2, 0) is 9.47 Å². The zero-order valence-electron chi connectivity index (χ0n) is 21.6. The number of anilines is 3. The number of rotatable bonds is 14. The largest absolute Gasteiger partial charge is 0.487 e. The van der Waals surface area contributed by atoms with E-state index in [1.807, 2.05) is 18.2 Å². The summed E-state index contributed by atoms with van der Waals surface area (Å²) in [7, 11) is 3.22. The highest BCUT2D eigenvalue weighted by Gasteiger charge is 2.15. The Kier molecular flexibility index (Phi) is 10.2. The fourth-order valence-corrected chi connectivity index (χ4v) is 3.28. The number of fused-ring (bicyclic) bond motifs is 1. The number of methoxy groups -OCH3 is 2. The Bertz CT molecular complexity index is 1150. The molecule has 0 aliphatic carbocycles. The topological polar surface area (TPSA) is 116 Å². The van der Waals surface area contributed by atoms with Gasteiger partial charge >= 0.3 is 6.03 Å². The first-order valence-electron chi connectivity index (χ1n) is 11.9. The molecule has 0 fully saturated rings. The summed E-state index contributed by atoms with van der Waals surface area (Å²) < 4.78 is 35.4. The van der Waals surface area contributed by atoms with Crippen LogP contribution in [0.4, 0.5) is 26.4 Å². The van der Waals surface area contributed by atoms with Gasteiger partial charge in [-0.3, -0.25) is 0 Å². The first-order valence-corrected chi connectivity index (χ1v) is 11.9. The van der Waals surface area contributed by atoms with Gasteiger partial charge in [-0.05, 0) is 50.6 Å². The summed E-state index contributed by atoms with van der Waals surface area (Å²) in [6.45, 7) is 4.78. The fourth-order valence-electron chi connectivity index (χ4n) is 3.28. The Balaban J connectivity index is 1.72. The van der Waals surface area contributed by atoms with E-state index in [2.05, 4.69) is 25.9 Å². The SMILES string of the molecule is COCCOc1cc2ncnc(Nc3ccc(NC(=O)NCCC(C)(C)F)cc3)c2cc1OCCOC. The summed E-state index contributed by atoms with van der Waals surface area (Å²) in [6, 6.07) is 10.4. The molecule has 0 aliphatic heterocycles. The van der Waals surface area contributed by atoms with Crippen LogP contribution >= 0.6 is 0 Å². The van der Waals surface area contributed by atoms with E-state index in [1.54, 1.807) is 32.4 Å². The van der Waals surface area contributed by atoms with Crippen LogP contribution in [0.25, 0.3) is 10.9 Å². The minimum atomic E-state index is -1.33. The maximum atomic E-state index is 13.6. The van der Waals surface area contributed by atoms with E-state index in [-0.39, 0.29) is 13.0 Å². The van der Waals surface area contributed by atoms with Crippen LogP contribution in [0.5, 0.6) is 11.5 Å². The third-order valence-corrected chi connectivity index (χ3v) is 5.20. The number of benzene rings is 2. The number of carbonyl (C=O) groups excluding carboxylic acids is 1. The van der Waals surface area contributed by atoms with Crippen LogP contribution in [0.1, 0.15) is 20.3 Å². The lowest BCUT2D eigenvalue weighted by Crippen LogP contribution is -2.32. The molecule has 37 heavy (non-hydrogen) atoms. The molecule has 0 spiro atoms. The van der Waals surface area contributed by atoms with Gasteiger partial charge in [0.2, 0.25) is 0 Å². The van der Waals surface area contributed by atoms with E-state index in [0.29, 0.717) is 54.9 Å². The van der Waals surface area contributed by atoms with Crippen LogP contribution in [0.2, 0.25) is 0 Å². The second-order valence-corrected chi connectivity index (χ2v) is 8.77. The molecular formula is C26H34FN5O5. The average molecular weight is 516 g/mol. The van der Waals surface area contributed by atoms with Crippen LogP contribution in [0.3, 0.4) is 0 Å². The van der Waals surface area contributed by atoms with Gasteiger partial charge in [0.25, 0.3) is 0 Å². The van der Waals surface area contributed by atoms with Gasteiger partial charge < -0.3 is 34.9 Å². The van der Waals surface area contributed by atoms with E-state index in [9.17, 15) is 9.18 Å². The number of aromatic nitrogens is 2.